The van der Waals surface area contributed by atoms with Gasteiger partial charge in [0.25, 0.3) is 0 Å². The Labute approximate surface area is 106 Å². The molecule has 4 nitrogen and oxygen atoms in total. The highest BCUT2D eigenvalue weighted by atomic mass is 32.2. The second-order valence-electron chi connectivity index (χ2n) is 3.81. The number of thioether (sulfide) groups is 1. The van der Waals surface area contributed by atoms with E-state index in [1.54, 1.807) is 12.4 Å². The molecule has 5 heteroatoms. The van der Waals surface area contributed by atoms with Crippen molar-refractivity contribution in [2.75, 3.05) is 7.11 Å². The highest BCUT2D eigenvalue weighted by molar-refractivity contribution is 8.00. The van der Waals surface area contributed by atoms with Gasteiger partial charge in [0.1, 0.15) is 5.25 Å². The Morgan fingerprint density at radius 1 is 1.47 bits per heavy atom. The van der Waals surface area contributed by atoms with Crippen LogP contribution in [0, 0.1) is 6.92 Å². The topological polar surface area (TPSA) is 52.1 Å². The predicted octanol–water partition coefficient (Wildman–Crippen LogP) is 2.61. The number of rotatable bonds is 6. The van der Waals surface area contributed by atoms with Gasteiger partial charge in [0, 0.05) is 12.4 Å². The number of carbonyl (C=O) groups is 1. The molecule has 1 rings (SSSR count). The van der Waals surface area contributed by atoms with E-state index < -0.39 is 0 Å². The summed E-state index contributed by atoms with van der Waals surface area (Å²) in [6.45, 7) is 4.03. The Morgan fingerprint density at radius 3 is 2.65 bits per heavy atom. The molecule has 17 heavy (non-hydrogen) atoms. The smallest absolute Gasteiger partial charge is 0.319 e. The van der Waals surface area contributed by atoms with Crippen LogP contribution >= 0.6 is 11.8 Å². The van der Waals surface area contributed by atoms with Crippen molar-refractivity contribution >= 4 is 17.7 Å². The van der Waals surface area contributed by atoms with E-state index >= 15 is 0 Å². The summed E-state index contributed by atoms with van der Waals surface area (Å²) in [5, 5.41) is 0.421. The van der Waals surface area contributed by atoms with Gasteiger partial charge in [0.15, 0.2) is 5.16 Å². The molecule has 1 unspecified atom stereocenters. The summed E-state index contributed by atoms with van der Waals surface area (Å²) in [5.74, 6) is -0.201. The maximum Gasteiger partial charge on any atom is 0.319 e. The Kier molecular flexibility index (Phi) is 5.97. The molecule has 1 heterocycles. The highest BCUT2D eigenvalue weighted by Gasteiger charge is 2.21. The summed E-state index contributed by atoms with van der Waals surface area (Å²) in [5.41, 5.74) is 1.01. The Bertz CT molecular complexity index is 354. The molecule has 0 saturated heterocycles. The molecule has 1 aromatic heterocycles. The number of esters is 1. The second kappa shape index (κ2) is 7.27. The van der Waals surface area contributed by atoms with Gasteiger partial charge >= 0.3 is 5.97 Å². The van der Waals surface area contributed by atoms with Crippen LogP contribution in [0.3, 0.4) is 0 Å². The molecule has 94 valence electrons. The van der Waals surface area contributed by atoms with Gasteiger partial charge in [0.2, 0.25) is 0 Å². The molecule has 0 amide bonds. The molecule has 0 aliphatic heterocycles. The first-order valence-corrected chi connectivity index (χ1v) is 6.58. The summed E-state index contributed by atoms with van der Waals surface area (Å²) in [6.07, 6.45) is 6.36. The Hall–Kier alpha value is -1.10. The number of unbranched alkanes of at least 4 members (excludes halogenated alkanes) is 1. The molecular weight excluding hydrogens is 236 g/mol. The first-order chi connectivity index (χ1) is 8.17. The summed E-state index contributed by atoms with van der Waals surface area (Å²) >= 11 is 1.37. The molecule has 1 aromatic rings. The third-order valence-electron chi connectivity index (χ3n) is 2.29. The van der Waals surface area contributed by atoms with E-state index in [2.05, 4.69) is 16.9 Å². The minimum Gasteiger partial charge on any atom is -0.468 e. The number of hydrogen-bond donors (Lipinski definition) is 0. The molecule has 1 atom stereocenters. The van der Waals surface area contributed by atoms with Crippen LogP contribution in [-0.2, 0) is 9.53 Å². The minimum absolute atomic E-state index is 0.201. The van der Waals surface area contributed by atoms with Crippen LogP contribution in [0.2, 0.25) is 0 Å². The lowest BCUT2D eigenvalue weighted by Crippen LogP contribution is -2.19. The average Bonchev–Trinajstić information content (AvgIpc) is 2.36. The van der Waals surface area contributed by atoms with Gasteiger partial charge in [-0.3, -0.25) is 4.79 Å². The number of aryl methyl sites for hydroxylation is 1. The van der Waals surface area contributed by atoms with E-state index in [0.29, 0.717) is 5.16 Å². The fraction of sp³-hybridized carbons (Fsp3) is 0.583. The first kappa shape index (κ1) is 14.0. The lowest BCUT2D eigenvalue weighted by atomic mass is 10.2. The van der Waals surface area contributed by atoms with E-state index in [4.69, 9.17) is 4.74 Å². The highest BCUT2D eigenvalue weighted by Crippen LogP contribution is 2.24. The van der Waals surface area contributed by atoms with Crippen LogP contribution < -0.4 is 0 Å². The van der Waals surface area contributed by atoms with Crippen molar-refractivity contribution in [1.29, 1.82) is 0 Å². The van der Waals surface area contributed by atoms with Crippen LogP contribution in [0.5, 0.6) is 0 Å². The second-order valence-corrected chi connectivity index (χ2v) is 4.98. The summed E-state index contributed by atoms with van der Waals surface area (Å²) in [6, 6.07) is 0. The summed E-state index contributed by atoms with van der Waals surface area (Å²) in [4.78, 5) is 20.0. The van der Waals surface area contributed by atoms with Crippen LogP contribution in [-0.4, -0.2) is 28.3 Å². The van der Waals surface area contributed by atoms with Gasteiger partial charge in [0.05, 0.1) is 7.11 Å². The fourth-order valence-corrected chi connectivity index (χ4v) is 2.27. The van der Waals surface area contributed by atoms with Crippen LogP contribution in [0.1, 0.15) is 31.7 Å². The maximum atomic E-state index is 11.6. The monoisotopic (exact) mass is 254 g/mol. The Morgan fingerprint density at radius 2 is 2.12 bits per heavy atom. The number of methoxy groups -OCH3 is 1. The number of nitrogens with zero attached hydrogens (tertiary/aromatic N) is 2. The molecular formula is C12H18N2O2S. The number of aromatic nitrogens is 2. The predicted molar refractivity (Wildman–Crippen MR) is 68.0 cm³/mol. The van der Waals surface area contributed by atoms with E-state index in [9.17, 15) is 4.79 Å². The normalized spacial score (nSPS) is 12.2. The number of hydrogen-bond acceptors (Lipinski definition) is 5. The van der Waals surface area contributed by atoms with Crippen molar-refractivity contribution < 1.29 is 9.53 Å². The third kappa shape index (κ3) is 4.73. The number of ether oxygens (including phenoxy) is 1. The van der Waals surface area contributed by atoms with Crippen molar-refractivity contribution in [1.82, 2.24) is 9.97 Å². The van der Waals surface area contributed by atoms with Gasteiger partial charge in [-0.1, -0.05) is 31.5 Å². The molecule has 0 spiro atoms. The largest absolute Gasteiger partial charge is 0.468 e. The summed E-state index contributed by atoms with van der Waals surface area (Å²) in [7, 11) is 1.41. The van der Waals surface area contributed by atoms with Gasteiger partial charge in [-0.2, -0.15) is 0 Å². The zero-order valence-corrected chi connectivity index (χ0v) is 11.3. The Balaban J connectivity index is 2.64. The van der Waals surface area contributed by atoms with E-state index in [1.807, 2.05) is 6.92 Å². The zero-order chi connectivity index (χ0) is 12.7. The molecule has 0 aromatic carbocycles. The van der Waals surface area contributed by atoms with Gasteiger partial charge in [-0.15, -0.1) is 0 Å². The van der Waals surface area contributed by atoms with E-state index in [0.717, 1.165) is 24.8 Å². The van der Waals surface area contributed by atoms with Crippen LogP contribution in [0.15, 0.2) is 17.6 Å². The van der Waals surface area contributed by atoms with E-state index in [-0.39, 0.29) is 11.2 Å². The van der Waals surface area contributed by atoms with Crippen molar-refractivity contribution in [2.24, 2.45) is 0 Å². The van der Waals surface area contributed by atoms with E-state index in [1.165, 1.54) is 18.9 Å². The molecule has 0 saturated carbocycles. The van der Waals surface area contributed by atoms with Crippen molar-refractivity contribution in [3.05, 3.63) is 18.0 Å². The van der Waals surface area contributed by atoms with Crippen LogP contribution in [0.4, 0.5) is 0 Å². The average molecular weight is 254 g/mol. The van der Waals surface area contributed by atoms with Gasteiger partial charge < -0.3 is 4.74 Å². The van der Waals surface area contributed by atoms with Crippen molar-refractivity contribution in [2.45, 2.75) is 43.5 Å². The number of carbonyl (C=O) groups excluding carboxylic acids is 1. The van der Waals surface area contributed by atoms with Crippen molar-refractivity contribution in [3.8, 4) is 0 Å². The van der Waals surface area contributed by atoms with Gasteiger partial charge in [-0.05, 0) is 18.9 Å². The molecule has 0 N–H and O–H groups in total. The quantitative estimate of drug-likeness (QED) is 0.444. The molecule has 0 radical (unpaired) electrons. The lowest BCUT2D eigenvalue weighted by Gasteiger charge is -2.12. The fourth-order valence-electron chi connectivity index (χ4n) is 1.31. The maximum absolute atomic E-state index is 11.6. The molecule has 0 bridgehead atoms. The first-order valence-electron chi connectivity index (χ1n) is 5.70. The van der Waals surface area contributed by atoms with Gasteiger partial charge in [-0.25, -0.2) is 9.97 Å². The van der Waals surface area contributed by atoms with Crippen LogP contribution in [0.25, 0.3) is 0 Å². The molecule has 0 aliphatic carbocycles. The third-order valence-corrected chi connectivity index (χ3v) is 3.42. The lowest BCUT2D eigenvalue weighted by molar-refractivity contribution is -0.140. The summed E-state index contributed by atoms with van der Waals surface area (Å²) < 4.78 is 4.79. The molecule has 0 aliphatic rings. The zero-order valence-electron chi connectivity index (χ0n) is 10.5. The minimum atomic E-state index is -0.206. The standard InChI is InChI=1S/C12H18N2O2S/c1-4-5-6-10(11(15)16-3)17-12-13-7-9(2)8-14-12/h7-8,10H,4-6H2,1-3H3. The van der Waals surface area contributed by atoms with Crippen molar-refractivity contribution in [3.63, 3.8) is 0 Å². The molecule has 0 fully saturated rings. The SMILES string of the molecule is CCCCC(Sc1ncc(C)cn1)C(=O)OC.